The first-order valence-electron chi connectivity index (χ1n) is 9.48. The van der Waals surface area contributed by atoms with Crippen LogP contribution in [0.4, 0.5) is 0 Å². The second-order valence-electron chi connectivity index (χ2n) is 6.49. The summed E-state index contributed by atoms with van der Waals surface area (Å²) in [5.74, 6) is 2.14. The van der Waals surface area contributed by atoms with Crippen molar-refractivity contribution in [2.45, 2.75) is 25.4 Å². The van der Waals surface area contributed by atoms with Gasteiger partial charge in [0.15, 0.2) is 17.5 Å². The predicted octanol–water partition coefficient (Wildman–Crippen LogP) is 2.63. The monoisotopic (exact) mass is 525 g/mol. The van der Waals surface area contributed by atoms with Crippen LogP contribution in [0.2, 0.25) is 5.02 Å². The maximum absolute atomic E-state index is 6.28. The standard InChI is InChI=1S/C19H28ClN3O4.HI/c1-21-19(22-5-2-7-25-15-4-8-24-13-15)23-6-3-14-11-16(20)18-17(12-14)26-9-10-27-18;/h11-12,15H,2-10,13H2,1H3,(H2,21,22,23);1H. The number of fused-ring (bicyclic) bond motifs is 1. The number of nitrogens with one attached hydrogen (secondary N) is 2. The molecule has 1 unspecified atom stereocenters. The van der Waals surface area contributed by atoms with Gasteiger partial charge in [-0.05, 0) is 37.0 Å². The molecule has 0 amide bonds. The molecule has 1 aromatic rings. The van der Waals surface area contributed by atoms with Gasteiger partial charge in [0.1, 0.15) is 13.2 Å². The zero-order valence-electron chi connectivity index (χ0n) is 16.2. The first kappa shape index (κ1) is 23.3. The number of halogens is 2. The fraction of sp³-hybridized carbons (Fsp3) is 0.632. The molecule has 158 valence electrons. The summed E-state index contributed by atoms with van der Waals surface area (Å²) in [6.07, 6.45) is 3.00. The molecule has 2 aliphatic rings. The van der Waals surface area contributed by atoms with Gasteiger partial charge < -0.3 is 29.6 Å². The highest BCUT2D eigenvalue weighted by molar-refractivity contribution is 14.0. The minimum absolute atomic E-state index is 0. The van der Waals surface area contributed by atoms with Crippen LogP contribution in [-0.4, -0.2) is 65.2 Å². The molecule has 2 aliphatic heterocycles. The third-order valence-corrected chi connectivity index (χ3v) is 4.72. The predicted molar refractivity (Wildman–Crippen MR) is 121 cm³/mol. The van der Waals surface area contributed by atoms with Crippen LogP contribution in [0, 0.1) is 0 Å². The van der Waals surface area contributed by atoms with E-state index in [2.05, 4.69) is 15.6 Å². The Morgan fingerprint density at radius 2 is 2.04 bits per heavy atom. The number of rotatable bonds is 8. The summed E-state index contributed by atoms with van der Waals surface area (Å²) in [6.45, 7) is 4.91. The van der Waals surface area contributed by atoms with E-state index in [9.17, 15) is 0 Å². The number of hydrogen-bond acceptors (Lipinski definition) is 5. The number of hydrogen-bond donors (Lipinski definition) is 2. The molecule has 28 heavy (non-hydrogen) atoms. The maximum Gasteiger partial charge on any atom is 0.190 e. The van der Waals surface area contributed by atoms with Gasteiger partial charge in [0.25, 0.3) is 0 Å². The first-order valence-corrected chi connectivity index (χ1v) is 9.86. The van der Waals surface area contributed by atoms with E-state index in [1.54, 1.807) is 7.05 Å². The van der Waals surface area contributed by atoms with Gasteiger partial charge in [-0.15, -0.1) is 24.0 Å². The topological polar surface area (TPSA) is 73.3 Å². The fourth-order valence-electron chi connectivity index (χ4n) is 3.03. The lowest BCUT2D eigenvalue weighted by atomic mass is 10.1. The minimum atomic E-state index is 0. The smallest absolute Gasteiger partial charge is 0.190 e. The van der Waals surface area contributed by atoms with Crippen LogP contribution in [0.1, 0.15) is 18.4 Å². The van der Waals surface area contributed by atoms with Crippen molar-refractivity contribution in [2.24, 2.45) is 4.99 Å². The van der Waals surface area contributed by atoms with E-state index in [0.717, 1.165) is 69.4 Å². The third-order valence-electron chi connectivity index (χ3n) is 4.44. The number of guanidine groups is 1. The average molecular weight is 526 g/mol. The van der Waals surface area contributed by atoms with Gasteiger partial charge >= 0.3 is 0 Å². The summed E-state index contributed by atoms with van der Waals surface area (Å²) < 4.78 is 22.2. The van der Waals surface area contributed by atoms with E-state index < -0.39 is 0 Å². The lowest BCUT2D eigenvalue weighted by Gasteiger charge is -2.20. The van der Waals surface area contributed by atoms with E-state index in [-0.39, 0.29) is 30.1 Å². The largest absolute Gasteiger partial charge is 0.486 e. The van der Waals surface area contributed by atoms with E-state index in [1.165, 1.54) is 0 Å². The Hall–Kier alpha value is -0.970. The van der Waals surface area contributed by atoms with Crippen LogP contribution in [0.25, 0.3) is 0 Å². The summed E-state index contributed by atoms with van der Waals surface area (Å²) in [5.41, 5.74) is 1.10. The van der Waals surface area contributed by atoms with E-state index in [0.29, 0.717) is 24.0 Å². The van der Waals surface area contributed by atoms with Crippen molar-refractivity contribution in [3.8, 4) is 11.5 Å². The van der Waals surface area contributed by atoms with Gasteiger partial charge in [-0.25, -0.2) is 0 Å². The van der Waals surface area contributed by atoms with Crippen LogP contribution >= 0.6 is 35.6 Å². The van der Waals surface area contributed by atoms with Crippen molar-refractivity contribution in [3.05, 3.63) is 22.7 Å². The highest BCUT2D eigenvalue weighted by atomic mass is 127. The molecule has 1 fully saturated rings. The molecule has 0 radical (unpaired) electrons. The molecule has 0 spiro atoms. The van der Waals surface area contributed by atoms with Gasteiger partial charge in [-0.2, -0.15) is 0 Å². The molecule has 3 rings (SSSR count). The van der Waals surface area contributed by atoms with Crippen LogP contribution in [0.15, 0.2) is 17.1 Å². The van der Waals surface area contributed by atoms with Crippen LogP contribution in [0.5, 0.6) is 11.5 Å². The maximum atomic E-state index is 6.28. The molecule has 0 aromatic heterocycles. The average Bonchev–Trinajstić information content (AvgIpc) is 3.20. The minimum Gasteiger partial charge on any atom is -0.486 e. The lowest BCUT2D eigenvalue weighted by molar-refractivity contribution is 0.0420. The number of benzene rings is 1. The number of nitrogens with zero attached hydrogens (tertiary/aromatic N) is 1. The molecule has 0 saturated carbocycles. The lowest BCUT2D eigenvalue weighted by Crippen LogP contribution is -2.39. The third kappa shape index (κ3) is 7.13. The van der Waals surface area contributed by atoms with Crippen molar-refractivity contribution in [1.29, 1.82) is 0 Å². The van der Waals surface area contributed by atoms with Gasteiger partial charge in [-0.3, -0.25) is 4.99 Å². The highest BCUT2D eigenvalue weighted by Gasteiger charge is 2.17. The zero-order chi connectivity index (χ0) is 18.9. The molecular formula is C19H29ClIN3O4. The van der Waals surface area contributed by atoms with Crippen molar-refractivity contribution in [2.75, 3.05) is 53.2 Å². The molecule has 0 bridgehead atoms. The van der Waals surface area contributed by atoms with Crippen LogP contribution < -0.4 is 20.1 Å². The molecule has 0 aliphatic carbocycles. The second-order valence-corrected chi connectivity index (χ2v) is 6.89. The van der Waals surface area contributed by atoms with Gasteiger partial charge in [-0.1, -0.05) is 11.6 Å². The van der Waals surface area contributed by atoms with Gasteiger partial charge in [0.05, 0.1) is 17.7 Å². The van der Waals surface area contributed by atoms with Crippen LogP contribution in [-0.2, 0) is 15.9 Å². The Kier molecular flexibility index (Phi) is 10.5. The molecule has 1 saturated heterocycles. The zero-order valence-corrected chi connectivity index (χ0v) is 19.3. The molecule has 7 nitrogen and oxygen atoms in total. The van der Waals surface area contributed by atoms with Crippen molar-refractivity contribution < 1.29 is 18.9 Å². The van der Waals surface area contributed by atoms with E-state index >= 15 is 0 Å². The molecule has 9 heteroatoms. The van der Waals surface area contributed by atoms with E-state index in [4.69, 9.17) is 30.5 Å². The number of aliphatic imine (C=N–C) groups is 1. The Morgan fingerprint density at radius 1 is 1.21 bits per heavy atom. The highest BCUT2D eigenvalue weighted by Crippen LogP contribution is 2.38. The summed E-state index contributed by atoms with van der Waals surface area (Å²) in [5, 5.41) is 7.21. The fourth-order valence-corrected chi connectivity index (χ4v) is 3.32. The van der Waals surface area contributed by atoms with Crippen LogP contribution in [0.3, 0.4) is 0 Å². The second kappa shape index (κ2) is 12.6. The first-order chi connectivity index (χ1) is 13.3. The summed E-state index contributed by atoms with van der Waals surface area (Å²) >= 11 is 6.28. The Bertz CT molecular complexity index is 642. The van der Waals surface area contributed by atoms with Gasteiger partial charge in [0, 0.05) is 33.4 Å². The summed E-state index contributed by atoms with van der Waals surface area (Å²) in [4.78, 5) is 4.24. The summed E-state index contributed by atoms with van der Waals surface area (Å²) in [6, 6.07) is 3.92. The molecule has 2 heterocycles. The number of ether oxygens (including phenoxy) is 4. The van der Waals surface area contributed by atoms with Gasteiger partial charge in [0.2, 0.25) is 0 Å². The molecule has 1 aromatic carbocycles. The summed E-state index contributed by atoms with van der Waals surface area (Å²) in [7, 11) is 1.77. The van der Waals surface area contributed by atoms with E-state index in [1.807, 2.05) is 12.1 Å². The SMILES string of the molecule is CN=C(NCCCOC1CCOC1)NCCc1cc(Cl)c2c(c1)OCCO2.I. The Morgan fingerprint density at radius 3 is 2.82 bits per heavy atom. The Labute approximate surface area is 188 Å². The van der Waals surface area contributed by atoms with Crippen molar-refractivity contribution >= 4 is 41.5 Å². The van der Waals surface area contributed by atoms with Crippen molar-refractivity contribution in [3.63, 3.8) is 0 Å². The Balaban J connectivity index is 0.00000280. The van der Waals surface area contributed by atoms with Crippen molar-refractivity contribution in [1.82, 2.24) is 10.6 Å². The quantitative estimate of drug-likeness (QED) is 0.235. The molecule has 1 atom stereocenters. The normalized spacial score (nSPS) is 18.5. The molecular weight excluding hydrogens is 497 g/mol. The molecule has 2 N–H and O–H groups in total.